The number of aromatic nitrogens is 5. The highest BCUT2D eigenvalue weighted by atomic mass is 35.5. The van der Waals surface area contributed by atoms with Crippen LogP contribution in [-0.2, 0) is 24.4 Å². The van der Waals surface area contributed by atoms with Gasteiger partial charge >= 0.3 is 5.97 Å². The maximum Gasteiger partial charge on any atom is 0.328 e. The molecular weight excluding hydrogens is 556 g/mol. The summed E-state index contributed by atoms with van der Waals surface area (Å²) in [6.45, 7) is 6.22. The molecule has 42 heavy (non-hydrogen) atoms. The molecule has 0 saturated carbocycles. The standard InChI is InChI=1S/C31H33ClN6O4/c1-2-37-20-33-16-24(37)17-38-28(10-11-30(39)40)34-35-29(38)18-36-14-12-21(13-15-36)25-4-3-5-26-31(25)41-19-27(42-26)22-6-8-23(32)9-7-22/h3-11,16,20-21,27H,2,12-15,17-19H2,1H3,(H,39,40). The van der Waals surface area contributed by atoms with Crippen LogP contribution in [0.4, 0.5) is 0 Å². The average Bonchev–Trinajstić information content (AvgIpc) is 3.62. The van der Waals surface area contributed by atoms with E-state index in [9.17, 15) is 4.79 Å². The van der Waals surface area contributed by atoms with Crippen LogP contribution in [0.2, 0.25) is 5.02 Å². The van der Waals surface area contributed by atoms with Crippen molar-refractivity contribution >= 4 is 23.6 Å². The zero-order valence-electron chi connectivity index (χ0n) is 23.4. The number of piperidine rings is 1. The fourth-order valence-electron chi connectivity index (χ4n) is 5.73. The van der Waals surface area contributed by atoms with E-state index in [4.69, 9.17) is 26.2 Å². The summed E-state index contributed by atoms with van der Waals surface area (Å²) in [5.41, 5.74) is 3.24. The Morgan fingerprint density at radius 3 is 2.69 bits per heavy atom. The third-order valence-corrected chi connectivity index (χ3v) is 8.23. The predicted molar refractivity (Wildman–Crippen MR) is 158 cm³/mol. The maximum absolute atomic E-state index is 11.2. The lowest BCUT2D eigenvalue weighted by molar-refractivity contribution is -0.131. The van der Waals surface area contributed by atoms with Gasteiger partial charge in [-0.3, -0.25) is 4.90 Å². The Balaban J connectivity index is 1.13. The number of benzene rings is 2. The highest BCUT2D eigenvalue weighted by Crippen LogP contribution is 2.44. The van der Waals surface area contributed by atoms with Crippen LogP contribution in [0.3, 0.4) is 0 Å². The largest absolute Gasteiger partial charge is 0.485 e. The van der Waals surface area contributed by atoms with Crippen molar-refractivity contribution in [2.45, 2.75) is 51.4 Å². The molecule has 218 valence electrons. The summed E-state index contributed by atoms with van der Waals surface area (Å²) in [7, 11) is 0. The fourth-order valence-corrected chi connectivity index (χ4v) is 5.85. The molecule has 0 bridgehead atoms. The zero-order chi connectivity index (χ0) is 29.1. The van der Waals surface area contributed by atoms with E-state index in [-0.39, 0.29) is 6.10 Å². The van der Waals surface area contributed by atoms with Crippen molar-refractivity contribution < 1.29 is 19.4 Å². The number of rotatable bonds is 9. The van der Waals surface area contributed by atoms with Gasteiger partial charge < -0.3 is 23.7 Å². The molecule has 10 nitrogen and oxygen atoms in total. The number of ether oxygens (including phenoxy) is 2. The number of hydrogen-bond acceptors (Lipinski definition) is 7. The van der Waals surface area contributed by atoms with Gasteiger partial charge in [0.05, 0.1) is 25.1 Å². The number of para-hydroxylation sites is 1. The van der Waals surface area contributed by atoms with Crippen LogP contribution in [-0.4, -0.2) is 60.0 Å². The summed E-state index contributed by atoms with van der Waals surface area (Å²) in [5, 5.41) is 18.6. The maximum atomic E-state index is 11.2. The summed E-state index contributed by atoms with van der Waals surface area (Å²) in [6.07, 6.45) is 7.99. The van der Waals surface area contributed by atoms with E-state index in [1.165, 1.54) is 11.6 Å². The van der Waals surface area contributed by atoms with E-state index in [2.05, 4.69) is 37.6 Å². The van der Waals surface area contributed by atoms with E-state index >= 15 is 0 Å². The van der Waals surface area contributed by atoms with Gasteiger partial charge in [-0.2, -0.15) is 0 Å². The normalized spacial score (nSPS) is 17.6. The first kappa shape index (κ1) is 28.0. The van der Waals surface area contributed by atoms with Crippen LogP contribution in [0.1, 0.15) is 60.3 Å². The minimum atomic E-state index is -1.02. The summed E-state index contributed by atoms with van der Waals surface area (Å²) >= 11 is 6.06. The molecule has 1 atom stereocenters. The molecule has 0 radical (unpaired) electrons. The Morgan fingerprint density at radius 2 is 1.93 bits per heavy atom. The predicted octanol–water partition coefficient (Wildman–Crippen LogP) is 5.19. The summed E-state index contributed by atoms with van der Waals surface area (Å²) < 4.78 is 16.7. The van der Waals surface area contributed by atoms with Crippen molar-refractivity contribution in [3.63, 3.8) is 0 Å². The van der Waals surface area contributed by atoms with Crippen LogP contribution in [0.15, 0.2) is 61.1 Å². The zero-order valence-corrected chi connectivity index (χ0v) is 24.2. The quantitative estimate of drug-likeness (QED) is 0.266. The van der Waals surface area contributed by atoms with Crippen LogP contribution < -0.4 is 9.47 Å². The third kappa shape index (κ3) is 6.05. The molecule has 2 aliphatic rings. The Labute approximate surface area is 249 Å². The first-order valence-electron chi connectivity index (χ1n) is 14.2. The highest BCUT2D eigenvalue weighted by Gasteiger charge is 2.30. The number of carboxylic acids is 1. The minimum absolute atomic E-state index is 0.171. The van der Waals surface area contributed by atoms with Crippen LogP contribution >= 0.6 is 11.6 Å². The van der Waals surface area contributed by atoms with Crippen molar-refractivity contribution in [1.29, 1.82) is 0 Å². The van der Waals surface area contributed by atoms with Crippen molar-refractivity contribution in [2.24, 2.45) is 0 Å². The van der Waals surface area contributed by atoms with Crippen molar-refractivity contribution in [2.75, 3.05) is 19.7 Å². The Hall–Kier alpha value is -4.15. The first-order valence-corrected chi connectivity index (χ1v) is 14.6. The smallest absolute Gasteiger partial charge is 0.328 e. The van der Waals surface area contributed by atoms with Gasteiger partial charge in [0.1, 0.15) is 12.4 Å². The summed E-state index contributed by atoms with van der Waals surface area (Å²) in [5.74, 6) is 2.27. The minimum Gasteiger partial charge on any atom is -0.485 e. The van der Waals surface area contributed by atoms with Gasteiger partial charge in [0.25, 0.3) is 0 Å². The molecule has 4 aromatic rings. The Kier molecular flexibility index (Phi) is 8.25. The van der Waals surface area contributed by atoms with Gasteiger partial charge in [0, 0.05) is 29.4 Å². The number of nitrogens with zero attached hydrogens (tertiary/aromatic N) is 6. The van der Waals surface area contributed by atoms with Gasteiger partial charge in [-0.15, -0.1) is 10.2 Å². The molecule has 2 aromatic heterocycles. The molecule has 11 heteroatoms. The summed E-state index contributed by atoms with van der Waals surface area (Å²) in [6, 6.07) is 13.9. The molecular formula is C31H33ClN6O4. The van der Waals surface area contributed by atoms with Gasteiger partial charge in [0.2, 0.25) is 0 Å². The molecule has 2 aromatic carbocycles. The molecule has 0 aliphatic carbocycles. The fraction of sp³-hybridized carbons (Fsp3) is 0.355. The van der Waals surface area contributed by atoms with E-state index in [0.717, 1.165) is 67.1 Å². The molecule has 4 heterocycles. The molecule has 1 fully saturated rings. The second-order valence-electron chi connectivity index (χ2n) is 10.6. The monoisotopic (exact) mass is 588 g/mol. The van der Waals surface area contributed by atoms with Crippen molar-refractivity contribution in [3.05, 3.63) is 94.6 Å². The second kappa shape index (κ2) is 12.4. The van der Waals surface area contributed by atoms with Crippen molar-refractivity contribution in [3.8, 4) is 11.5 Å². The number of likely N-dealkylation sites (tertiary alicyclic amines) is 1. The van der Waals surface area contributed by atoms with Gasteiger partial charge in [0.15, 0.2) is 23.4 Å². The number of carbonyl (C=O) groups is 1. The lowest BCUT2D eigenvalue weighted by Gasteiger charge is -2.34. The number of imidazole rings is 1. The van der Waals surface area contributed by atoms with E-state index < -0.39 is 5.97 Å². The molecule has 1 N–H and O–H groups in total. The van der Waals surface area contributed by atoms with E-state index in [1.54, 1.807) is 6.33 Å². The van der Waals surface area contributed by atoms with E-state index in [0.29, 0.717) is 36.5 Å². The first-order chi connectivity index (χ1) is 20.5. The summed E-state index contributed by atoms with van der Waals surface area (Å²) in [4.78, 5) is 17.8. The average molecular weight is 589 g/mol. The second-order valence-corrected chi connectivity index (χ2v) is 11.0. The molecule has 0 amide bonds. The van der Waals surface area contributed by atoms with E-state index in [1.807, 2.05) is 47.2 Å². The van der Waals surface area contributed by atoms with Crippen LogP contribution in [0.5, 0.6) is 11.5 Å². The molecule has 0 spiro atoms. The molecule has 2 aliphatic heterocycles. The lowest BCUT2D eigenvalue weighted by Crippen LogP contribution is -2.34. The lowest BCUT2D eigenvalue weighted by atomic mass is 9.88. The molecule has 6 rings (SSSR count). The number of carboxylic acid groups (broad SMARTS) is 1. The van der Waals surface area contributed by atoms with Crippen LogP contribution in [0, 0.1) is 0 Å². The number of halogens is 1. The topological polar surface area (TPSA) is 108 Å². The number of aliphatic carboxylic acids is 1. The number of aryl methyl sites for hydroxylation is 1. The number of fused-ring (bicyclic) bond motifs is 1. The highest BCUT2D eigenvalue weighted by molar-refractivity contribution is 6.30. The molecule has 1 unspecified atom stereocenters. The third-order valence-electron chi connectivity index (χ3n) is 7.98. The number of hydrogen-bond donors (Lipinski definition) is 1. The van der Waals surface area contributed by atoms with Gasteiger partial charge in [-0.25, -0.2) is 9.78 Å². The van der Waals surface area contributed by atoms with Crippen molar-refractivity contribution in [1.82, 2.24) is 29.2 Å². The SMILES string of the molecule is CCn1cncc1Cn1c(C=CC(=O)O)nnc1CN1CCC(c2cccc3c2OCC(c2ccc(Cl)cc2)O3)CC1. The van der Waals surface area contributed by atoms with Gasteiger partial charge in [-0.1, -0.05) is 35.9 Å². The Morgan fingerprint density at radius 1 is 1.12 bits per heavy atom. The Bertz CT molecular complexity index is 1570. The molecule has 1 saturated heterocycles. The van der Waals surface area contributed by atoms with Gasteiger partial charge in [-0.05, 0) is 68.6 Å². The van der Waals surface area contributed by atoms with Crippen LogP contribution in [0.25, 0.3) is 6.08 Å².